The Balaban J connectivity index is 6.59. The lowest BCUT2D eigenvalue weighted by Gasteiger charge is -2.43. The zero-order valence-electron chi connectivity index (χ0n) is 12.9. The molecule has 0 unspecified atom stereocenters. The summed E-state index contributed by atoms with van der Waals surface area (Å²) in [5.74, 6) is -30.9. The van der Waals surface area contributed by atoms with Crippen LogP contribution in [-0.4, -0.2) is 58.2 Å². The fraction of sp³-hybridized carbons (Fsp3) is 1.00. The van der Waals surface area contributed by atoms with Crippen LogP contribution in [-0.2, 0) is 8.85 Å². The maximum atomic E-state index is 14.0. The normalized spacial score (nSPS) is 16.2. The third-order valence-electron chi connectivity index (χ3n) is 3.54. The molecule has 26 heavy (non-hydrogen) atoms. The maximum Gasteiger partial charge on any atom is 0.460 e. The van der Waals surface area contributed by atoms with Crippen LogP contribution < -0.4 is 0 Å². The molecule has 0 saturated carbocycles. The van der Waals surface area contributed by atoms with Crippen molar-refractivity contribution in [3.05, 3.63) is 0 Å². The van der Waals surface area contributed by atoms with Gasteiger partial charge in [-0.2, -0.15) is 57.1 Å². The van der Waals surface area contributed by atoms with Crippen LogP contribution >= 0.6 is 0 Å². The summed E-state index contributed by atoms with van der Waals surface area (Å²) in [5.41, 5.74) is -6.33. The van der Waals surface area contributed by atoms with E-state index in [2.05, 4.69) is 8.85 Å². The van der Waals surface area contributed by atoms with Gasteiger partial charge in [-0.25, -0.2) is 0 Å². The predicted molar refractivity (Wildman–Crippen MR) is 61.0 cm³/mol. The fourth-order valence-electron chi connectivity index (χ4n) is 1.86. The molecule has 0 aromatic rings. The molecule has 0 rings (SSSR count). The second-order valence-corrected chi connectivity index (χ2v) is 8.54. The van der Waals surface area contributed by atoms with E-state index in [1.165, 1.54) is 0 Å². The predicted octanol–water partition coefficient (Wildman–Crippen LogP) is 5.02. The van der Waals surface area contributed by atoms with E-state index in [1.807, 2.05) is 0 Å². The summed E-state index contributed by atoms with van der Waals surface area (Å²) in [5, 5.41) is 0. The highest BCUT2D eigenvalue weighted by molar-refractivity contribution is 6.70. The van der Waals surface area contributed by atoms with Gasteiger partial charge in [-0.1, -0.05) is 6.92 Å². The minimum Gasteiger partial charge on any atom is -0.394 e. The van der Waals surface area contributed by atoms with Crippen molar-refractivity contribution in [2.75, 3.05) is 14.2 Å². The summed E-state index contributed by atoms with van der Waals surface area (Å²) >= 11 is 0. The van der Waals surface area contributed by atoms with E-state index < -0.39 is 50.0 Å². The summed E-state index contributed by atoms with van der Waals surface area (Å²) in [4.78, 5) is 0. The van der Waals surface area contributed by atoms with Gasteiger partial charge in [0.2, 0.25) is 0 Å². The maximum absolute atomic E-state index is 14.0. The Morgan fingerprint density at radius 3 is 1.12 bits per heavy atom. The number of rotatable bonds is 8. The van der Waals surface area contributed by atoms with Crippen LogP contribution in [0.4, 0.5) is 57.1 Å². The minimum atomic E-state index is -7.93. The van der Waals surface area contributed by atoms with Gasteiger partial charge in [-0.15, -0.1) is 0 Å². The van der Waals surface area contributed by atoms with E-state index in [0.717, 1.165) is 0 Å². The minimum absolute atomic E-state index is 0.268. The van der Waals surface area contributed by atoms with Crippen molar-refractivity contribution in [3.8, 4) is 0 Å². The molecule has 0 aliphatic rings. The summed E-state index contributed by atoms with van der Waals surface area (Å²) in [6.07, 6.45) is -7.44. The smallest absolute Gasteiger partial charge is 0.394 e. The number of hydrogen-bond acceptors (Lipinski definition) is 2. The van der Waals surface area contributed by atoms with Crippen molar-refractivity contribution in [3.63, 3.8) is 0 Å². The van der Waals surface area contributed by atoms with E-state index in [0.29, 0.717) is 6.92 Å². The van der Waals surface area contributed by atoms with Crippen molar-refractivity contribution in [1.82, 2.24) is 0 Å². The third-order valence-corrected chi connectivity index (χ3v) is 7.06. The van der Waals surface area contributed by atoms with E-state index >= 15 is 0 Å². The molecule has 2 nitrogen and oxygen atoms in total. The Labute approximate surface area is 138 Å². The molecule has 0 spiro atoms. The van der Waals surface area contributed by atoms with Gasteiger partial charge in [-0.05, 0) is 6.04 Å². The summed E-state index contributed by atoms with van der Waals surface area (Å²) in [6.45, 7) is 0.643. The van der Waals surface area contributed by atoms with Crippen LogP contribution in [0.3, 0.4) is 0 Å². The van der Waals surface area contributed by atoms with Gasteiger partial charge in [0.1, 0.15) is 0 Å². The molecular formula is C10H11F13O2Si. The van der Waals surface area contributed by atoms with Crippen LogP contribution in [0.15, 0.2) is 0 Å². The van der Waals surface area contributed by atoms with E-state index in [-0.39, 0.29) is 14.2 Å². The monoisotopic (exact) mass is 438 g/mol. The summed E-state index contributed by atoms with van der Waals surface area (Å²) < 4.78 is 177. The fourth-order valence-corrected chi connectivity index (χ4v) is 4.20. The molecule has 0 aliphatic carbocycles. The second-order valence-electron chi connectivity index (χ2n) is 4.88. The van der Waals surface area contributed by atoms with Crippen molar-refractivity contribution in [2.45, 2.75) is 48.4 Å². The number of alkyl halides is 13. The average molecular weight is 438 g/mol. The lowest BCUT2D eigenvalue weighted by atomic mass is 9.98. The first-order chi connectivity index (χ1) is 11.2. The zero-order chi connectivity index (χ0) is 21.6. The van der Waals surface area contributed by atoms with Crippen LogP contribution in [0.2, 0.25) is 6.04 Å². The van der Waals surface area contributed by atoms with E-state index in [9.17, 15) is 57.1 Å². The van der Waals surface area contributed by atoms with E-state index in [1.54, 1.807) is 0 Å². The Morgan fingerprint density at radius 1 is 0.577 bits per heavy atom. The van der Waals surface area contributed by atoms with Crippen molar-refractivity contribution < 1.29 is 65.9 Å². The molecule has 0 bridgehead atoms. The molecule has 0 saturated heterocycles. The Kier molecular flexibility index (Phi) is 6.48. The van der Waals surface area contributed by atoms with Gasteiger partial charge in [0, 0.05) is 14.2 Å². The molecule has 0 N–H and O–H groups in total. The molecule has 0 aromatic carbocycles. The van der Waals surface area contributed by atoms with Crippen LogP contribution in [0.5, 0.6) is 0 Å². The third kappa shape index (κ3) is 2.96. The molecule has 0 fully saturated rings. The van der Waals surface area contributed by atoms with Gasteiger partial charge in [0.15, 0.2) is 0 Å². The first kappa shape index (κ1) is 25.2. The van der Waals surface area contributed by atoms with Gasteiger partial charge in [0.25, 0.3) is 0 Å². The summed E-state index contributed by atoms with van der Waals surface area (Å²) in [7, 11) is -5.26. The van der Waals surface area contributed by atoms with Gasteiger partial charge < -0.3 is 8.85 Å². The van der Waals surface area contributed by atoms with Crippen molar-refractivity contribution in [1.29, 1.82) is 0 Å². The molecule has 0 aromatic heterocycles. The average Bonchev–Trinajstić information content (AvgIpc) is 2.47. The SMILES string of the molecule is CC[Si](OC)(OC)C(F)(F)C(F)(F)C(F)(F)C(F)(F)C(F)(F)C(F)(F)F. The zero-order valence-corrected chi connectivity index (χ0v) is 13.9. The lowest BCUT2D eigenvalue weighted by Crippen LogP contribution is -2.75. The van der Waals surface area contributed by atoms with Crippen LogP contribution in [0.25, 0.3) is 0 Å². The molecule has 158 valence electrons. The van der Waals surface area contributed by atoms with Gasteiger partial charge >= 0.3 is 44.0 Å². The first-order valence-electron chi connectivity index (χ1n) is 6.24. The molecule has 16 heteroatoms. The van der Waals surface area contributed by atoms with E-state index in [4.69, 9.17) is 0 Å². The molecule has 0 heterocycles. The second kappa shape index (κ2) is 6.68. The Bertz CT molecular complexity index is 465. The quantitative estimate of drug-likeness (QED) is 0.392. The molecule has 0 aliphatic heterocycles. The highest BCUT2D eigenvalue weighted by Gasteiger charge is 2.93. The van der Waals surface area contributed by atoms with Crippen LogP contribution in [0.1, 0.15) is 6.92 Å². The first-order valence-corrected chi connectivity index (χ1v) is 8.27. The largest absolute Gasteiger partial charge is 0.460 e. The van der Waals surface area contributed by atoms with Gasteiger partial charge in [0.05, 0.1) is 0 Å². The topological polar surface area (TPSA) is 18.5 Å². The lowest BCUT2D eigenvalue weighted by molar-refractivity contribution is -0.435. The van der Waals surface area contributed by atoms with Crippen LogP contribution in [0, 0.1) is 0 Å². The van der Waals surface area contributed by atoms with Gasteiger partial charge in [-0.3, -0.25) is 0 Å². The standard InChI is InChI=1S/C10H11F13O2Si/c1-4-26(24-2,25-3)10(22,23)8(17,18)6(13,14)5(11,12)7(15,16)9(19,20)21/h4H2,1-3H3. The number of halogens is 13. The molecule has 0 amide bonds. The molecule has 0 atom stereocenters. The molecular weight excluding hydrogens is 427 g/mol. The molecule has 0 radical (unpaired) electrons. The highest BCUT2D eigenvalue weighted by Crippen LogP contribution is 2.61. The Morgan fingerprint density at radius 2 is 0.885 bits per heavy atom. The highest BCUT2D eigenvalue weighted by atomic mass is 28.4. The summed E-state index contributed by atoms with van der Waals surface area (Å²) in [6, 6.07) is -1.26. The van der Waals surface area contributed by atoms with Crippen molar-refractivity contribution >= 4 is 8.56 Å². The Hall–Kier alpha value is -0.773. The van der Waals surface area contributed by atoms with Crippen molar-refractivity contribution in [2.24, 2.45) is 0 Å². The number of hydrogen-bond donors (Lipinski definition) is 0.